The maximum absolute atomic E-state index is 5.35. The van der Waals surface area contributed by atoms with E-state index in [9.17, 15) is 0 Å². The smallest absolute Gasteiger partial charge is 0.170 e. The number of nitrogens with zero attached hydrogens (tertiary/aromatic N) is 3. The van der Waals surface area contributed by atoms with E-state index in [0.29, 0.717) is 5.82 Å². The third-order valence-corrected chi connectivity index (χ3v) is 3.57. The summed E-state index contributed by atoms with van der Waals surface area (Å²) < 4.78 is 4.88. The fourth-order valence-corrected chi connectivity index (χ4v) is 2.48. The Morgan fingerprint density at radius 3 is 3.13 bits per heavy atom. The van der Waals surface area contributed by atoms with Crippen molar-refractivity contribution in [2.45, 2.75) is 10.1 Å². The molecule has 0 aliphatic carbocycles. The van der Waals surface area contributed by atoms with Gasteiger partial charge in [0.2, 0.25) is 0 Å². The molecule has 0 saturated heterocycles. The third-order valence-electron chi connectivity index (χ3n) is 1.72. The molecule has 0 saturated carbocycles. The SMILES string of the molecule is NNc1ncccc1CSc1ncns1. The molecule has 2 rings (SSSR count). The molecule has 0 bridgehead atoms. The van der Waals surface area contributed by atoms with Crippen molar-refractivity contribution in [3.05, 3.63) is 30.2 Å². The van der Waals surface area contributed by atoms with Crippen LogP contribution in [-0.4, -0.2) is 14.3 Å². The number of hydrogen-bond acceptors (Lipinski definition) is 7. The van der Waals surface area contributed by atoms with Gasteiger partial charge in [0.05, 0.1) is 0 Å². The molecule has 0 atom stereocenters. The van der Waals surface area contributed by atoms with Crippen LogP contribution >= 0.6 is 23.3 Å². The molecule has 15 heavy (non-hydrogen) atoms. The average Bonchev–Trinajstić information content (AvgIpc) is 2.79. The molecule has 3 N–H and O–H groups in total. The number of rotatable bonds is 4. The van der Waals surface area contributed by atoms with Gasteiger partial charge in [-0.15, -0.1) is 0 Å². The zero-order chi connectivity index (χ0) is 10.5. The highest BCUT2D eigenvalue weighted by atomic mass is 32.2. The van der Waals surface area contributed by atoms with Gasteiger partial charge in [-0.1, -0.05) is 17.8 Å². The molecular formula is C8H9N5S2. The Morgan fingerprint density at radius 1 is 1.47 bits per heavy atom. The predicted octanol–water partition coefficient (Wildman–Crippen LogP) is 1.51. The average molecular weight is 239 g/mol. The lowest BCUT2D eigenvalue weighted by molar-refractivity contribution is 1.17. The molecule has 0 amide bonds. The monoisotopic (exact) mass is 239 g/mol. The Hall–Kier alpha value is -1.18. The minimum atomic E-state index is 0.703. The van der Waals surface area contributed by atoms with Crippen molar-refractivity contribution in [1.29, 1.82) is 0 Å². The highest BCUT2D eigenvalue weighted by Gasteiger charge is 2.03. The highest BCUT2D eigenvalue weighted by molar-refractivity contribution is 8.00. The molecule has 7 heteroatoms. The molecule has 2 heterocycles. The van der Waals surface area contributed by atoms with E-state index < -0.39 is 0 Å². The first-order chi connectivity index (χ1) is 7.40. The van der Waals surface area contributed by atoms with Gasteiger partial charge in [-0.2, -0.15) is 4.37 Å². The molecule has 0 unspecified atom stereocenters. The van der Waals surface area contributed by atoms with E-state index in [1.54, 1.807) is 24.3 Å². The summed E-state index contributed by atoms with van der Waals surface area (Å²) in [6, 6.07) is 3.87. The summed E-state index contributed by atoms with van der Waals surface area (Å²) in [5.41, 5.74) is 3.62. The van der Waals surface area contributed by atoms with Gasteiger partial charge in [0.15, 0.2) is 4.34 Å². The fourth-order valence-electron chi connectivity index (χ4n) is 1.05. The number of pyridine rings is 1. The second kappa shape index (κ2) is 5.06. The van der Waals surface area contributed by atoms with E-state index in [0.717, 1.165) is 15.7 Å². The number of hydrogen-bond donors (Lipinski definition) is 2. The number of nitrogens with one attached hydrogen (secondary N) is 1. The minimum absolute atomic E-state index is 0.703. The van der Waals surface area contributed by atoms with Crippen LogP contribution in [0.25, 0.3) is 0 Å². The maximum atomic E-state index is 5.35. The van der Waals surface area contributed by atoms with Crippen LogP contribution in [0.4, 0.5) is 5.82 Å². The third kappa shape index (κ3) is 2.65. The molecule has 0 fully saturated rings. The van der Waals surface area contributed by atoms with Gasteiger partial charge < -0.3 is 5.43 Å². The molecule has 5 nitrogen and oxygen atoms in total. The number of aromatic nitrogens is 3. The first kappa shape index (κ1) is 10.3. The van der Waals surface area contributed by atoms with Gasteiger partial charge in [0, 0.05) is 17.5 Å². The molecule has 0 aliphatic heterocycles. The summed E-state index contributed by atoms with van der Waals surface area (Å²) in [4.78, 5) is 8.20. The largest absolute Gasteiger partial charge is 0.308 e. The van der Waals surface area contributed by atoms with Crippen LogP contribution in [0, 0.1) is 0 Å². The lowest BCUT2D eigenvalue weighted by atomic mass is 10.3. The summed E-state index contributed by atoms with van der Waals surface area (Å²) in [5, 5.41) is 0. The van der Waals surface area contributed by atoms with E-state index >= 15 is 0 Å². The Morgan fingerprint density at radius 2 is 2.40 bits per heavy atom. The summed E-state index contributed by atoms with van der Waals surface area (Å²) in [6.45, 7) is 0. The topological polar surface area (TPSA) is 76.7 Å². The first-order valence-corrected chi connectivity index (χ1v) is 5.96. The normalized spacial score (nSPS) is 10.2. The molecule has 0 radical (unpaired) electrons. The Labute approximate surface area is 95.3 Å². The first-order valence-electron chi connectivity index (χ1n) is 4.20. The lowest BCUT2D eigenvalue weighted by Gasteiger charge is -2.05. The van der Waals surface area contributed by atoms with Gasteiger partial charge >= 0.3 is 0 Å². The van der Waals surface area contributed by atoms with Crippen LogP contribution in [-0.2, 0) is 5.75 Å². The summed E-state index contributed by atoms with van der Waals surface area (Å²) in [6.07, 6.45) is 3.26. The number of nitrogen functional groups attached to an aromatic ring is 1. The van der Waals surface area contributed by atoms with E-state index in [4.69, 9.17) is 5.84 Å². The standard InChI is InChI=1S/C8H9N5S2/c9-13-7-6(2-1-3-10-7)4-14-8-11-5-12-15-8/h1-3,5H,4,9H2,(H,10,13). The molecular weight excluding hydrogens is 230 g/mol. The van der Waals surface area contributed by atoms with E-state index in [1.807, 2.05) is 12.1 Å². The van der Waals surface area contributed by atoms with Crippen LogP contribution in [0.5, 0.6) is 0 Å². The molecule has 78 valence electrons. The molecule has 0 aromatic carbocycles. The maximum Gasteiger partial charge on any atom is 0.170 e. The van der Waals surface area contributed by atoms with E-state index in [2.05, 4.69) is 19.8 Å². The van der Waals surface area contributed by atoms with Crippen LogP contribution < -0.4 is 11.3 Å². The van der Waals surface area contributed by atoms with Crippen LogP contribution in [0.2, 0.25) is 0 Å². The highest BCUT2D eigenvalue weighted by Crippen LogP contribution is 2.25. The molecule has 2 aromatic rings. The van der Waals surface area contributed by atoms with Gasteiger partial charge in [-0.25, -0.2) is 15.8 Å². The fraction of sp³-hybridized carbons (Fsp3) is 0.125. The minimum Gasteiger partial charge on any atom is -0.308 e. The quantitative estimate of drug-likeness (QED) is 0.478. The van der Waals surface area contributed by atoms with Gasteiger partial charge in [0.1, 0.15) is 12.1 Å². The molecule has 2 aromatic heterocycles. The van der Waals surface area contributed by atoms with Gasteiger partial charge in [0.25, 0.3) is 0 Å². The van der Waals surface area contributed by atoms with E-state index in [-0.39, 0.29) is 0 Å². The van der Waals surface area contributed by atoms with Crippen molar-refractivity contribution in [3.63, 3.8) is 0 Å². The van der Waals surface area contributed by atoms with Crippen molar-refractivity contribution < 1.29 is 0 Å². The van der Waals surface area contributed by atoms with Crippen LogP contribution in [0.15, 0.2) is 29.0 Å². The number of nitrogens with two attached hydrogens (primary N) is 1. The van der Waals surface area contributed by atoms with Crippen molar-refractivity contribution >= 4 is 29.1 Å². The van der Waals surface area contributed by atoms with Crippen molar-refractivity contribution in [3.8, 4) is 0 Å². The second-order valence-corrected chi connectivity index (χ2v) is 4.65. The molecule has 0 aliphatic rings. The lowest BCUT2D eigenvalue weighted by Crippen LogP contribution is -2.10. The zero-order valence-electron chi connectivity index (χ0n) is 7.75. The summed E-state index contributed by atoms with van der Waals surface area (Å²) in [5.74, 6) is 6.84. The Bertz CT molecular complexity index is 417. The van der Waals surface area contributed by atoms with Crippen LogP contribution in [0.3, 0.4) is 0 Å². The number of anilines is 1. The summed E-state index contributed by atoms with van der Waals surface area (Å²) >= 11 is 3.00. The van der Waals surface area contributed by atoms with Gasteiger partial charge in [-0.05, 0) is 17.6 Å². The Balaban J connectivity index is 2.04. The second-order valence-electron chi connectivity index (χ2n) is 2.65. The van der Waals surface area contributed by atoms with Crippen molar-refractivity contribution in [1.82, 2.24) is 14.3 Å². The molecule has 0 spiro atoms. The Kier molecular flexibility index (Phi) is 3.49. The number of thioether (sulfide) groups is 1. The van der Waals surface area contributed by atoms with Crippen LogP contribution in [0.1, 0.15) is 5.56 Å². The van der Waals surface area contributed by atoms with Crippen molar-refractivity contribution in [2.75, 3.05) is 5.43 Å². The summed E-state index contributed by atoms with van der Waals surface area (Å²) in [7, 11) is 0. The zero-order valence-corrected chi connectivity index (χ0v) is 9.38. The number of hydrazine groups is 1. The van der Waals surface area contributed by atoms with E-state index in [1.165, 1.54) is 11.5 Å². The predicted molar refractivity (Wildman–Crippen MR) is 61.5 cm³/mol. The van der Waals surface area contributed by atoms with Crippen molar-refractivity contribution in [2.24, 2.45) is 5.84 Å². The van der Waals surface area contributed by atoms with Gasteiger partial charge in [-0.3, -0.25) is 0 Å².